The molecule has 0 spiro atoms. The Hall–Kier alpha value is -4.28. The van der Waals surface area contributed by atoms with E-state index in [-0.39, 0.29) is 18.3 Å². The largest absolute Gasteiger partial charge is 0.463 e. The van der Waals surface area contributed by atoms with Crippen LogP contribution in [0.5, 0.6) is 0 Å². The number of nitrogens with zero attached hydrogens (tertiary/aromatic N) is 1. The van der Waals surface area contributed by atoms with Crippen molar-refractivity contribution in [1.29, 1.82) is 5.26 Å². The average Bonchev–Trinajstić information content (AvgIpc) is 2.96. The topological polar surface area (TPSA) is 91.2 Å². The SMILES string of the molecule is CCOC(=O)C1=C(c2ccccc2)NC(SCC(=O)Nc2ccccc2CC)=C(C#N)[C@@H]1c1ccc(C)cc1. The van der Waals surface area contributed by atoms with E-state index in [9.17, 15) is 14.9 Å². The van der Waals surface area contributed by atoms with Crippen LogP contribution in [0, 0.1) is 18.3 Å². The molecule has 1 heterocycles. The summed E-state index contributed by atoms with van der Waals surface area (Å²) >= 11 is 1.25. The Kier molecular flexibility index (Phi) is 9.24. The molecule has 3 aromatic carbocycles. The molecule has 0 unspecified atom stereocenters. The summed E-state index contributed by atoms with van der Waals surface area (Å²) in [6.07, 6.45) is 0.801. The molecule has 0 fully saturated rings. The number of nitrogens with one attached hydrogen (secondary N) is 2. The molecule has 1 amide bonds. The molecule has 6 nitrogen and oxygen atoms in total. The van der Waals surface area contributed by atoms with E-state index in [2.05, 4.69) is 16.7 Å². The zero-order chi connectivity index (χ0) is 27.8. The molecule has 1 aliphatic heterocycles. The van der Waals surface area contributed by atoms with Crippen molar-refractivity contribution in [2.75, 3.05) is 17.7 Å². The summed E-state index contributed by atoms with van der Waals surface area (Å²) in [4.78, 5) is 26.4. The van der Waals surface area contributed by atoms with Gasteiger partial charge in [-0.05, 0) is 43.0 Å². The second-order valence-corrected chi connectivity index (χ2v) is 10.0. The summed E-state index contributed by atoms with van der Waals surface area (Å²) in [7, 11) is 0. The van der Waals surface area contributed by atoms with Crippen LogP contribution in [0.1, 0.15) is 42.0 Å². The highest BCUT2D eigenvalue weighted by molar-refractivity contribution is 8.03. The molecular formula is C32H31N3O3S. The van der Waals surface area contributed by atoms with Crippen LogP contribution in [-0.2, 0) is 20.7 Å². The number of benzene rings is 3. The number of para-hydroxylation sites is 1. The predicted molar refractivity (Wildman–Crippen MR) is 157 cm³/mol. The number of dihydropyridines is 1. The summed E-state index contributed by atoms with van der Waals surface area (Å²) in [6.45, 7) is 5.99. The van der Waals surface area contributed by atoms with E-state index < -0.39 is 11.9 Å². The van der Waals surface area contributed by atoms with Crippen molar-refractivity contribution in [3.63, 3.8) is 0 Å². The van der Waals surface area contributed by atoms with Gasteiger partial charge in [0.25, 0.3) is 0 Å². The van der Waals surface area contributed by atoms with Crippen LogP contribution in [0.2, 0.25) is 0 Å². The molecule has 2 N–H and O–H groups in total. The highest BCUT2D eigenvalue weighted by Gasteiger charge is 2.37. The lowest BCUT2D eigenvalue weighted by Crippen LogP contribution is -2.29. The first-order valence-electron chi connectivity index (χ1n) is 12.9. The van der Waals surface area contributed by atoms with E-state index in [1.165, 1.54) is 11.8 Å². The first-order chi connectivity index (χ1) is 19.0. The van der Waals surface area contributed by atoms with Crippen LogP contribution in [0.25, 0.3) is 5.70 Å². The van der Waals surface area contributed by atoms with Crippen LogP contribution >= 0.6 is 11.8 Å². The van der Waals surface area contributed by atoms with E-state index in [0.29, 0.717) is 21.9 Å². The maximum absolute atomic E-state index is 13.4. The Bertz CT molecular complexity index is 1450. The first kappa shape index (κ1) is 27.7. The van der Waals surface area contributed by atoms with Gasteiger partial charge in [0.2, 0.25) is 5.91 Å². The van der Waals surface area contributed by atoms with Gasteiger partial charge in [0.1, 0.15) is 0 Å². The Balaban J connectivity index is 1.75. The molecule has 0 radical (unpaired) electrons. The maximum Gasteiger partial charge on any atom is 0.337 e. The Morgan fingerprint density at radius 1 is 1.00 bits per heavy atom. The zero-order valence-corrected chi connectivity index (χ0v) is 23.1. The summed E-state index contributed by atoms with van der Waals surface area (Å²) in [6, 6.07) is 27.3. The van der Waals surface area contributed by atoms with Gasteiger partial charge >= 0.3 is 5.97 Å². The minimum atomic E-state index is -0.655. The maximum atomic E-state index is 13.4. The van der Waals surface area contributed by atoms with Crippen LogP contribution in [-0.4, -0.2) is 24.2 Å². The third-order valence-corrected chi connectivity index (χ3v) is 7.46. The number of esters is 1. The molecule has 3 aromatic rings. The van der Waals surface area contributed by atoms with Gasteiger partial charge in [-0.1, -0.05) is 97.0 Å². The summed E-state index contributed by atoms with van der Waals surface area (Å²) < 4.78 is 5.48. The van der Waals surface area contributed by atoms with Gasteiger partial charge in [-0.2, -0.15) is 5.26 Å². The van der Waals surface area contributed by atoms with Crippen LogP contribution in [0.15, 0.2) is 95.0 Å². The van der Waals surface area contributed by atoms with Crippen molar-refractivity contribution >= 4 is 35.0 Å². The fourth-order valence-corrected chi connectivity index (χ4v) is 5.37. The fraction of sp³-hybridized carbons (Fsp3) is 0.219. The quantitative estimate of drug-likeness (QED) is 0.310. The lowest BCUT2D eigenvalue weighted by atomic mass is 9.81. The smallest absolute Gasteiger partial charge is 0.337 e. The minimum Gasteiger partial charge on any atom is -0.463 e. The minimum absolute atomic E-state index is 0.0863. The van der Waals surface area contributed by atoms with Gasteiger partial charge in [0, 0.05) is 5.69 Å². The van der Waals surface area contributed by atoms with Crippen LogP contribution < -0.4 is 10.6 Å². The molecule has 0 aliphatic carbocycles. The number of amides is 1. The normalized spacial score (nSPS) is 14.9. The molecule has 198 valence electrons. The third-order valence-electron chi connectivity index (χ3n) is 6.44. The number of ether oxygens (including phenoxy) is 1. The predicted octanol–water partition coefficient (Wildman–Crippen LogP) is 6.33. The van der Waals surface area contributed by atoms with E-state index in [1.807, 2.05) is 92.7 Å². The molecule has 39 heavy (non-hydrogen) atoms. The molecule has 4 rings (SSSR count). The lowest BCUT2D eigenvalue weighted by Gasteiger charge is -2.31. The van der Waals surface area contributed by atoms with E-state index in [4.69, 9.17) is 4.74 Å². The van der Waals surface area contributed by atoms with Gasteiger partial charge in [-0.15, -0.1) is 0 Å². The second kappa shape index (κ2) is 13.0. The number of rotatable bonds is 9. The standard InChI is InChI=1S/C32H31N3O3S/c1-4-22-11-9-10-14-26(22)34-27(36)20-39-31-25(19-33)28(23-17-15-21(3)16-18-23)29(32(37)38-5-2)30(35-31)24-12-7-6-8-13-24/h6-18,28,35H,4-5,20H2,1-3H3,(H,34,36)/t28-/m0/s1. The number of thioether (sulfide) groups is 1. The van der Waals surface area contributed by atoms with Gasteiger partial charge in [-0.3, -0.25) is 4.79 Å². The van der Waals surface area contributed by atoms with Crippen LogP contribution in [0.3, 0.4) is 0 Å². The number of hydrogen-bond donors (Lipinski definition) is 2. The van der Waals surface area contributed by atoms with Gasteiger partial charge in [0.05, 0.1) is 46.2 Å². The number of carbonyl (C=O) groups is 2. The zero-order valence-electron chi connectivity index (χ0n) is 22.3. The molecule has 7 heteroatoms. The average molecular weight is 538 g/mol. The van der Waals surface area contributed by atoms with Crippen molar-refractivity contribution < 1.29 is 14.3 Å². The highest BCUT2D eigenvalue weighted by Crippen LogP contribution is 2.43. The number of aryl methyl sites for hydroxylation is 2. The summed E-state index contributed by atoms with van der Waals surface area (Å²) in [5.41, 5.74) is 5.79. The molecule has 0 bridgehead atoms. The van der Waals surface area contributed by atoms with E-state index in [0.717, 1.165) is 34.4 Å². The Morgan fingerprint density at radius 2 is 1.69 bits per heavy atom. The summed E-state index contributed by atoms with van der Waals surface area (Å²) in [5.74, 6) is -1.23. The van der Waals surface area contributed by atoms with Gasteiger partial charge in [-0.25, -0.2) is 4.79 Å². The first-order valence-corrected chi connectivity index (χ1v) is 13.9. The Labute approximate surface area is 233 Å². The number of anilines is 1. The number of hydrogen-bond acceptors (Lipinski definition) is 6. The van der Waals surface area contributed by atoms with Crippen molar-refractivity contribution in [1.82, 2.24) is 5.32 Å². The molecular weight excluding hydrogens is 506 g/mol. The van der Waals surface area contributed by atoms with Crippen LogP contribution in [0.4, 0.5) is 5.69 Å². The second-order valence-electron chi connectivity index (χ2n) is 9.05. The van der Waals surface area contributed by atoms with Crippen molar-refractivity contribution in [2.24, 2.45) is 0 Å². The molecule has 0 aromatic heterocycles. The van der Waals surface area contributed by atoms with Gasteiger partial charge < -0.3 is 15.4 Å². The van der Waals surface area contributed by atoms with Gasteiger partial charge in [0.15, 0.2) is 0 Å². The van der Waals surface area contributed by atoms with E-state index in [1.54, 1.807) is 6.92 Å². The highest BCUT2D eigenvalue weighted by atomic mass is 32.2. The van der Waals surface area contributed by atoms with Crippen molar-refractivity contribution in [3.8, 4) is 6.07 Å². The Morgan fingerprint density at radius 3 is 2.36 bits per heavy atom. The number of carbonyl (C=O) groups excluding carboxylic acids is 2. The number of allylic oxidation sites excluding steroid dienone is 1. The molecule has 1 atom stereocenters. The van der Waals surface area contributed by atoms with Crippen molar-refractivity contribution in [2.45, 2.75) is 33.1 Å². The summed E-state index contributed by atoms with van der Waals surface area (Å²) in [5, 5.41) is 17.2. The molecule has 0 saturated carbocycles. The number of nitriles is 1. The van der Waals surface area contributed by atoms with E-state index >= 15 is 0 Å². The molecule has 1 aliphatic rings. The molecule has 0 saturated heterocycles. The van der Waals surface area contributed by atoms with Crippen molar-refractivity contribution in [3.05, 3.63) is 117 Å². The lowest BCUT2D eigenvalue weighted by molar-refractivity contribution is -0.138. The monoisotopic (exact) mass is 537 g/mol. The third kappa shape index (κ3) is 6.42. The fourth-order valence-electron chi connectivity index (χ4n) is 4.53.